The molecule has 1 rings (SSSR count). The predicted octanol–water partition coefficient (Wildman–Crippen LogP) is 1.27. The lowest BCUT2D eigenvalue weighted by molar-refractivity contribution is -0.133. The number of hydrogen-bond acceptors (Lipinski definition) is 3. The number of rotatable bonds is 2. The summed E-state index contributed by atoms with van der Waals surface area (Å²) in [7, 11) is 0. The van der Waals surface area contributed by atoms with Gasteiger partial charge in [0, 0.05) is 11.8 Å². The van der Waals surface area contributed by atoms with Crippen LogP contribution in [0.1, 0.15) is 17.4 Å². The Morgan fingerprint density at radius 1 is 1.54 bits per heavy atom. The Balaban J connectivity index is 2.62. The molecule has 0 spiro atoms. The van der Waals surface area contributed by atoms with Crippen molar-refractivity contribution in [1.29, 1.82) is 0 Å². The summed E-state index contributed by atoms with van der Waals surface area (Å²) in [6, 6.07) is 3.16. The van der Waals surface area contributed by atoms with Crippen molar-refractivity contribution in [1.82, 2.24) is 4.98 Å². The number of aromatic amines is 1. The summed E-state index contributed by atoms with van der Waals surface area (Å²) in [5.74, 6) is -1.40. The van der Waals surface area contributed by atoms with Crippen LogP contribution in [0.3, 0.4) is 0 Å². The van der Waals surface area contributed by atoms with E-state index in [1.165, 1.54) is 13.0 Å². The Hall–Kier alpha value is -1.84. The summed E-state index contributed by atoms with van der Waals surface area (Å²) in [5, 5.41) is 0. The van der Waals surface area contributed by atoms with Gasteiger partial charge in [-0.15, -0.1) is 0 Å². The van der Waals surface area contributed by atoms with E-state index in [0.29, 0.717) is 0 Å². The summed E-state index contributed by atoms with van der Waals surface area (Å²) >= 11 is 0. The molecule has 0 saturated carbocycles. The molecule has 1 N–H and O–H groups in total. The van der Waals surface area contributed by atoms with Crippen molar-refractivity contribution in [3.8, 4) is 0 Å². The predicted molar refractivity (Wildman–Crippen MR) is 46.0 cm³/mol. The number of carbonyl (C=O) groups excluding carboxylic acids is 2. The Kier molecular flexibility index (Phi) is 2.64. The van der Waals surface area contributed by atoms with Crippen LogP contribution in [0, 0.1) is 0 Å². The number of carbonyl (C=O) groups is 2. The van der Waals surface area contributed by atoms with Gasteiger partial charge in [-0.3, -0.25) is 0 Å². The van der Waals surface area contributed by atoms with Crippen LogP contribution in [0.5, 0.6) is 0 Å². The molecule has 0 amide bonds. The van der Waals surface area contributed by atoms with E-state index in [1.54, 1.807) is 12.3 Å². The highest BCUT2D eigenvalue weighted by atomic mass is 16.6. The van der Waals surface area contributed by atoms with Crippen LogP contribution in [-0.2, 0) is 9.53 Å². The molecule has 0 aromatic carbocycles. The van der Waals surface area contributed by atoms with Crippen LogP contribution in [0.15, 0.2) is 30.5 Å². The lowest BCUT2D eigenvalue weighted by Gasteiger charge is -1.99. The van der Waals surface area contributed by atoms with Gasteiger partial charge in [-0.25, -0.2) is 9.59 Å². The normalized spacial score (nSPS) is 9.31. The highest BCUT2D eigenvalue weighted by molar-refractivity contribution is 6.00. The Bertz CT molecular complexity index is 338. The standard InChI is InChI=1S/C9H9NO3/c1-6(2)8(11)13-9(12)7-4-3-5-10-7/h3-5,10H,1H2,2H3. The van der Waals surface area contributed by atoms with E-state index in [-0.39, 0.29) is 11.3 Å². The van der Waals surface area contributed by atoms with Crippen molar-refractivity contribution in [2.24, 2.45) is 0 Å². The second-order valence-electron chi connectivity index (χ2n) is 2.54. The van der Waals surface area contributed by atoms with Gasteiger partial charge in [0.2, 0.25) is 0 Å². The molecule has 0 aliphatic heterocycles. The van der Waals surface area contributed by atoms with Crippen molar-refractivity contribution in [2.45, 2.75) is 6.92 Å². The Labute approximate surface area is 75.2 Å². The van der Waals surface area contributed by atoms with Crippen molar-refractivity contribution in [3.63, 3.8) is 0 Å². The van der Waals surface area contributed by atoms with Crippen molar-refractivity contribution in [3.05, 3.63) is 36.2 Å². The third-order valence-corrected chi connectivity index (χ3v) is 1.35. The summed E-state index contributed by atoms with van der Waals surface area (Å²) in [6.45, 7) is 4.83. The second-order valence-corrected chi connectivity index (χ2v) is 2.54. The maximum absolute atomic E-state index is 11.1. The molecule has 1 aromatic heterocycles. The van der Waals surface area contributed by atoms with Gasteiger partial charge in [0.25, 0.3) is 0 Å². The van der Waals surface area contributed by atoms with Gasteiger partial charge in [0.1, 0.15) is 5.69 Å². The number of H-pyrrole nitrogens is 1. The summed E-state index contributed by atoms with van der Waals surface area (Å²) in [6.07, 6.45) is 1.57. The third-order valence-electron chi connectivity index (χ3n) is 1.35. The number of nitrogens with one attached hydrogen (secondary N) is 1. The van der Waals surface area contributed by atoms with Crippen LogP contribution in [-0.4, -0.2) is 16.9 Å². The molecule has 0 aliphatic rings. The largest absolute Gasteiger partial charge is 0.385 e. The molecule has 0 unspecified atom stereocenters. The molecule has 4 nitrogen and oxygen atoms in total. The van der Waals surface area contributed by atoms with Gasteiger partial charge >= 0.3 is 11.9 Å². The molecule has 13 heavy (non-hydrogen) atoms. The molecule has 0 aliphatic carbocycles. The van der Waals surface area contributed by atoms with Crippen LogP contribution >= 0.6 is 0 Å². The minimum Gasteiger partial charge on any atom is -0.385 e. The molecule has 1 aromatic rings. The van der Waals surface area contributed by atoms with E-state index in [0.717, 1.165) is 0 Å². The van der Waals surface area contributed by atoms with Gasteiger partial charge in [0.15, 0.2) is 0 Å². The Morgan fingerprint density at radius 3 is 2.69 bits per heavy atom. The monoisotopic (exact) mass is 179 g/mol. The first-order valence-corrected chi connectivity index (χ1v) is 3.66. The number of aromatic nitrogens is 1. The zero-order valence-corrected chi connectivity index (χ0v) is 7.16. The minimum absolute atomic E-state index is 0.194. The van der Waals surface area contributed by atoms with Gasteiger partial charge < -0.3 is 9.72 Å². The maximum atomic E-state index is 11.1. The molecular weight excluding hydrogens is 170 g/mol. The van der Waals surface area contributed by atoms with Gasteiger partial charge in [0.05, 0.1) is 0 Å². The molecule has 0 bridgehead atoms. The van der Waals surface area contributed by atoms with Gasteiger partial charge in [-0.05, 0) is 19.1 Å². The van der Waals surface area contributed by atoms with Crippen molar-refractivity contribution < 1.29 is 14.3 Å². The van der Waals surface area contributed by atoms with E-state index in [9.17, 15) is 9.59 Å². The van der Waals surface area contributed by atoms with E-state index >= 15 is 0 Å². The Morgan fingerprint density at radius 2 is 2.23 bits per heavy atom. The average Bonchev–Trinajstić information content (AvgIpc) is 2.55. The third kappa shape index (κ3) is 2.30. The minimum atomic E-state index is -0.709. The van der Waals surface area contributed by atoms with Crippen LogP contribution < -0.4 is 0 Å². The summed E-state index contributed by atoms with van der Waals surface area (Å²) in [5.41, 5.74) is 0.439. The quantitative estimate of drug-likeness (QED) is 0.422. The van der Waals surface area contributed by atoms with E-state index in [2.05, 4.69) is 16.3 Å². The lowest BCUT2D eigenvalue weighted by Crippen LogP contribution is -2.13. The topological polar surface area (TPSA) is 59.2 Å². The van der Waals surface area contributed by atoms with E-state index < -0.39 is 11.9 Å². The van der Waals surface area contributed by atoms with E-state index in [4.69, 9.17) is 0 Å². The number of esters is 2. The highest BCUT2D eigenvalue weighted by Crippen LogP contribution is 2.00. The van der Waals surface area contributed by atoms with Gasteiger partial charge in [-0.2, -0.15) is 0 Å². The molecular formula is C9H9NO3. The maximum Gasteiger partial charge on any atom is 0.362 e. The van der Waals surface area contributed by atoms with Crippen molar-refractivity contribution in [2.75, 3.05) is 0 Å². The first-order valence-electron chi connectivity index (χ1n) is 3.66. The smallest absolute Gasteiger partial charge is 0.362 e. The fourth-order valence-electron chi connectivity index (χ4n) is 0.684. The fourth-order valence-corrected chi connectivity index (χ4v) is 0.684. The van der Waals surface area contributed by atoms with Gasteiger partial charge in [-0.1, -0.05) is 6.58 Å². The molecule has 1 heterocycles. The second kappa shape index (κ2) is 3.71. The molecule has 0 fully saturated rings. The molecule has 0 saturated heterocycles. The SMILES string of the molecule is C=C(C)C(=O)OC(=O)c1ccc[nH]1. The molecule has 0 atom stereocenters. The first-order chi connectivity index (χ1) is 6.11. The summed E-state index contributed by atoms with van der Waals surface area (Å²) < 4.78 is 4.45. The number of hydrogen-bond donors (Lipinski definition) is 1. The number of ether oxygens (including phenoxy) is 1. The van der Waals surface area contributed by atoms with Crippen LogP contribution in [0.25, 0.3) is 0 Å². The zero-order valence-electron chi connectivity index (χ0n) is 7.16. The highest BCUT2D eigenvalue weighted by Gasteiger charge is 2.13. The lowest BCUT2D eigenvalue weighted by atomic mass is 10.3. The molecule has 0 radical (unpaired) electrons. The fraction of sp³-hybridized carbons (Fsp3) is 0.111. The van der Waals surface area contributed by atoms with Crippen LogP contribution in [0.4, 0.5) is 0 Å². The average molecular weight is 179 g/mol. The molecule has 68 valence electrons. The van der Waals surface area contributed by atoms with Crippen LogP contribution in [0.2, 0.25) is 0 Å². The van der Waals surface area contributed by atoms with Crippen molar-refractivity contribution >= 4 is 11.9 Å². The first kappa shape index (κ1) is 9.25. The summed E-state index contributed by atoms with van der Waals surface area (Å²) in [4.78, 5) is 24.6. The molecule has 4 heteroatoms. The van der Waals surface area contributed by atoms with E-state index in [1.807, 2.05) is 0 Å². The zero-order chi connectivity index (χ0) is 9.84.